The van der Waals surface area contributed by atoms with Crippen molar-refractivity contribution in [2.24, 2.45) is 5.92 Å². The molecule has 30 heavy (non-hydrogen) atoms. The van der Waals surface area contributed by atoms with Crippen LogP contribution in [0.15, 0.2) is 42.5 Å². The normalized spacial score (nSPS) is 19.4. The van der Waals surface area contributed by atoms with Crippen molar-refractivity contribution in [2.75, 3.05) is 26.9 Å². The first-order valence-electron chi connectivity index (χ1n) is 10.0. The van der Waals surface area contributed by atoms with Gasteiger partial charge in [-0.05, 0) is 42.7 Å². The molecule has 4 rings (SSSR count). The van der Waals surface area contributed by atoms with Gasteiger partial charge in [0.25, 0.3) is 0 Å². The number of hydrogen-bond acceptors (Lipinski definition) is 5. The molecule has 2 aromatic carbocycles. The Balaban J connectivity index is 1.68. The Labute approximate surface area is 180 Å². The monoisotopic (exact) mass is 429 g/mol. The second-order valence-electron chi connectivity index (χ2n) is 7.55. The zero-order valence-corrected chi connectivity index (χ0v) is 17.6. The summed E-state index contributed by atoms with van der Waals surface area (Å²) in [5, 5.41) is 0.640. The number of halogens is 1. The molecule has 1 amide bonds. The average Bonchev–Trinajstić information content (AvgIpc) is 2.98. The molecule has 0 aliphatic carbocycles. The Hall–Kier alpha value is -2.57. The number of nitrogens with zero attached hydrogens (tertiary/aromatic N) is 1. The van der Waals surface area contributed by atoms with Gasteiger partial charge in [-0.2, -0.15) is 0 Å². The lowest BCUT2D eigenvalue weighted by molar-refractivity contribution is -0.142. The Morgan fingerprint density at radius 3 is 2.53 bits per heavy atom. The van der Waals surface area contributed by atoms with E-state index in [1.54, 1.807) is 12.1 Å². The minimum atomic E-state index is -0.421. The quantitative estimate of drug-likeness (QED) is 0.689. The molecular formula is C23H24ClNO5. The maximum Gasteiger partial charge on any atom is 0.337 e. The van der Waals surface area contributed by atoms with Crippen molar-refractivity contribution in [3.8, 4) is 5.75 Å². The number of carbonyl (C=O) groups is 2. The molecule has 0 bridgehead atoms. The molecule has 0 N–H and O–H groups in total. The minimum Gasteiger partial charge on any atom is -0.491 e. The summed E-state index contributed by atoms with van der Waals surface area (Å²) in [5.41, 5.74) is 2.24. The fourth-order valence-corrected chi connectivity index (χ4v) is 4.11. The van der Waals surface area contributed by atoms with Crippen LogP contribution in [0.25, 0.3) is 0 Å². The third-order valence-electron chi connectivity index (χ3n) is 5.71. The zero-order valence-electron chi connectivity index (χ0n) is 16.8. The number of ether oxygens (including phenoxy) is 3. The van der Waals surface area contributed by atoms with Gasteiger partial charge in [-0.25, -0.2) is 4.79 Å². The Morgan fingerprint density at radius 2 is 1.83 bits per heavy atom. The van der Waals surface area contributed by atoms with Gasteiger partial charge >= 0.3 is 5.97 Å². The summed E-state index contributed by atoms with van der Waals surface area (Å²) in [6.07, 6.45) is 1.44. The number of hydrogen-bond donors (Lipinski definition) is 0. The molecule has 158 valence electrons. The molecule has 6 nitrogen and oxygen atoms in total. The average molecular weight is 430 g/mol. The Bertz CT molecular complexity index is 924. The topological polar surface area (TPSA) is 65.1 Å². The summed E-state index contributed by atoms with van der Waals surface area (Å²) in [6.45, 7) is 1.89. The molecule has 0 saturated carbocycles. The van der Waals surface area contributed by atoms with E-state index in [0.29, 0.717) is 36.1 Å². The van der Waals surface area contributed by atoms with E-state index in [1.165, 1.54) is 7.11 Å². The molecule has 2 aliphatic heterocycles. The highest BCUT2D eigenvalue weighted by atomic mass is 35.5. The van der Waals surface area contributed by atoms with Gasteiger partial charge in [-0.3, -0.25) is 4.79 Å². The van der Waals surface area contributed by atoms with Crippen LogP contribution in [0.4, 0.5) is 0 Å². The van der Waals surface area contributed by atoms with Crippen LogP contribution in [-0.2, 0) is 20.8 Å². The second-order valence-corrected chi connectivity index (χ2v) is 7.98. The highest BCUT2D eigenvalue weighted by Gasteiger charge is 2.34. The first-order chi connectivity index (χ1) is 14.6. The van der Waals surface area contributed by atoms with Crippen molar-refractivity contribution in [3.05, 3.63) is 64.2 Å². The summed E-state index contributed by atoms with van der Waals surface area (Å²) in [7, 11) is 1.35. The first-order valence-corrected chi connectivity index (χ1v) is 10.4. The lowest BCUT2D eigenvalue weighted by Gasteiger charge is -2.34. The van der Waals surface area contributed by atoms with Crippen LogP contribution in [0.3, 0.4) is 0 Å². The zero-order chi connectivity index (χ0) is 21.1. The molecular weight excluding hydrogens is 406 g/mol. The van der Waals surface area contributed by atoms with E-state index >= 15 is 0 Å². The van der Waals surface area contributed by atoms with Crippen LogP contribution in [-0.4, -0.2) is 43.7 Å². The van der Waals surface area contributed by atoms with E-state index < -0.39 is 5.97 Å². The van der Waals surface area contributed by atoms with Crippen molar-refractivity contribution in [1.29, 1.82) is 0 Å². The molecule has 0 unspecified atom stereocenters. The highest BCUT2D eigenvalue weighted by Crippen LogP contribution is 2.35. The molecule has 1 saturated heterocycles. The SMILES string of the molecule is COC(=O)c1ccc2c(c1)OC[C@H](c1ccc(Cl)cc1)N(C(=O)C1CCOCC1)C2. The molecule has 0 radical (unpaired) electrons. The van der Waals surface area contributed by atoms with Gasteiger partial charge in [-0.1, -0.05) is 29.8 Å². The molecule has 1 fully saturated rings. The van der Waals surface area contributed by atoms with Crippen molar-refractivity contribution in [3.63, 3.8) is 0 Å². The van der Waals surface area contributed by atoms with Crippen molar-refractivity contribution >= 4 is 23.5 Å². The van der Waals surface area contributed by atoms with Crippen molar-refractivity contribution < 1.29 is 23.8 Å². The highest BCUT2D eigenvalue weighted by molar-refractivity contribution is 6.30. The molecule has 0 spiro atoms. The molecule has 2 aliphatic rings. The predicted molar refractivity (Wildman–Crippen MR) is 112 cm³/mol. The summed E-state index contributed by atoms with van der Waals surface area (Å²) in [4.78, 5) is 27.3. The number of esters is 1. The summed E-state index contributed by atoms with van der Waals surface area (Å²) in [6, 6.07) is 12.5. The van der Waals surface area contributed by atoms with E-state index in [2.05, 4.69) is 0 Å². The number of carbonyl (C=O) groups excluding carboxylic acids is 2. The van der Waals surface area contributed by atoms with Crippen molar-refractivity contribution in [2.45, 2.75) is 25.4 Å². The van der Waals surface area contributed by atoms with Gasteiger partial charge in [0.15, 0.2) is 0 Å². The maximum absolute atomic E-state index is 13.5. The maximum atomic E-state index is 13.5. The number of fused-ring (bicyclic) bond motifs is 1. The Morgan fingerprint density at radius 1 is 1.10 bits per heavy atom. The van der Waals surface area contributed by atoms with Gasteiger partial charge in [-0.15, -0.1) is 0 Å². The van der Waals surface area contributed by atoms with E-state index in [0.717, 1.165) is 24.0 Å². The van der Waals surface area contributed by atoms with Crippen LogP contribution in [0.5, 0.6) is 5.75 Å². The third kappa shape index (κ3) is 4.30. The predicted octanol–water partition coefficient (Wildman–Crippen LogP) is 4.02. The van der Waals surface area contributed by atoms with Crippen LogP contribution in [0.1, 0.15) is 40.4 Å². The van der Waals surface area contributed by atoms with E-state index in [-0.39, 0.29) is 24.5 Å². The second kappa shape index (κ2) is 9.06. The number of rotatable bonds is 3. The van der Waals surface area contributed by atoms with Crippen molar-refractivity contribution in [1.82, 2.24) is 4.90 Å². The molecule has 2 aromatic rings. The summed E-state index contributed by atoms with van der Waals surface area (Å²) >= 11 is 6.07. The fraction of sp³-hybridized carbons (Fsp3) is 0.391. The first kappa shape index (κ1) is 20.7. The van der Waals surface area contributed by atoms with Gasteiger partial charge in [0.2, 0.25) is 5.91 Å². The number of methoxy groups -OCH3 is 1. The van der Waals surface area contributed by atoms with Gasteiger partial charge in [0.1, 0.15) is 12.4 Å². The van der Waals surface area contributed by atoms with E-state index in [1.807, 2.05) is 35.2 Å². The van der Waals surface area contributed by atoms with Gasteiger partial charge in [0, 0.05) is 29.7 Å². The molecule has 2 heterocycles. The minimum absolute atomic E-state index is 0.0653. The fourth-order valence-electron chi connectivity index (χ4n) is 3.99. The lowest BCUT2D eigenvalue weighted by Crippen LogP contribution is -2.41. The van der Waals surface area contributed by atoms with Crippen LogP contribution >= 0.6 is 11.6 Å². The summed E-state index contributed by atoms with van der Waals surface area (Å²) in [5.74, 6) is 0.213. The third-order valence-corrected chi connectivity index (χ3v) is 5.96. The number of benzene rings is 2. The van der Waals surface area contributed by atoms with Gasteiger partial charge < -0.3 is 19.1 Å². The van der Waals surface area contributed by atoms with Crippen LogP contribution < -0.4 is 4.74 Å². The standard InChI is InChI=1S/C23H24ClNO5/c1-28-23(27)17-2-3-18-13-25(22(26)16-8-10-29-11-9-16)20(14-30-21(18)12-17)15-4-6-19(24)7-5-15/h2-7,12,16,20H,8-11,13-14H2,1H3/t20-/m1/s1. The largest absolute Gasteiger partial charge is 0.491 e. The summed E-state index contributed by atoms with van der Waals surface area (Å²) < 4.78 is 16.3. The van der Waals surface area contributed by atoms with E-state index in [9.17, 15) is 9.59 Å². The smallest absolute Gasteiger partial charge is 0.337 e. The lowest BCUT2D eigenvalue weighted by atomic mass is 9.96. The molecule has 0 aromatic heterocycles. The molecule has 1 atom stereocenters. The molecule has 7 heteroatoms. The van der Waals surface area contributed by atoms with Gasteiger partial charge in [0.05, 0.1) is 25.3 Å². The number of amides is 1. The van der Waals surface area contributed by atoms with Crippen LogP contribution in [0, 0.1) is 5.92 Å². The van der Waals surface area contributed by atoms with E-state index in [4.69, 9.17) is 25.8 Å². The Kier molecular flexibility index (Phi) is 6.25. The van der Waals surface area contributed by atoms with Crippen LogP contribution in [0.2, 0.25) is 5.02 Å².